The first-order valence-electron chi connectivity index (χ1n) is 8.06. The fraction of sp³-hybridized carbons (Fsp3) is 0.143. The second-order valence-electron chi connectivity index (χ2n) is 5.97. The van der Waals surface area contributed by atoms with Crippen molar-refractivity contribution in [2.45, 2.75) is 22.6 Å². The average molecular weight is 333 g/mol. The summed E-state index contributed by atoms with van der Waals surface area (Å²) in [5.41, 5.74) is 4.98. The molecule has 0 fully saturated rings. The summed E-state index contributed by atoms with van der Waals surface area (Å²) in [6.45, 7) is 2.24. The summed E-state index contributed by atoms with van der Waals surface area (Å²) in [6, 6.07) is 23.5. The lowest BCUT2D eigenvalue weighted by molar-refractivity contribution is 0.414. The highest BCUT2D eigenvalue weighted by Crippen LogP contribution is 2.45. The molecule has 0 spiro atoms. The van der Waals surface area contributed by atoms with Crippen LogP contribution in [-0.2, 0) is 0 Å². The topological polar surface area (TPSA) is 21.3 Å². The van der Waals surface area contributed by atoms with Crippen molar-refractivity contribution in [3.05, 3.63) is 77.9 Å². The van der Waals surface area contributed by atoms with Gasteiger partial charge in [-0.15, -0.1) is 0 Å². The third-order valence-electron chi connectivity index (χ3n) is 4.50. The van der Waals surface area contributed by atoms with Crippen molar-refractivity contribution in [3.63, 3.8) is 0 Å². The Morgan fingerprint density at radius 3 is 2.33 bits per heavy atom. The van der Waals surface area contributed by atoms with Crippen LogP contribution in [0.3, 0.4) is 0 Å². The molecule has 0 bridgehead atoms. The van der Waals surface area contributed by atoms with Crippen molar-refractivity contribution >= 4 is 23.1 Å². The van der Waals surface area contributed by atoms with Gasteiger partial charge in [0.05, 0.1) is 18.5 Å². The summed E-state index contributed by atoms with van der Waals surface area (Å²) < 4.78 is 5.25. The molecule has 0 aliphatic carbocycles. The molecular weight excluding hydrogens is 314 g/mol. The first kappa shape index (κ1) is 15.2. The molecule has 0 aromatic heterocycles. The van der Waals surface area contributed by atoms with E-state index in [0.717, 1.165) is 5.75 Å². The van der Waals surface area contributed by atoms with Gasteiger partial charge in [0, 0.05) is 15.7 Å². The molecule has 2 nitrogen and oxygen atoms in total. The zero-order valence-corrected chi connectivity index (χ0v) is 14.6. The second-order valence-corrected chi connectivity index (χ2v) is 7.06. The SMILES string of the molecule is COc1ccc(C(C)c2ccc3c(c2)Nc2ccccc2S3)cc1. The standard InChI is InChI=1S/C21H19NOS/c1-14(15-7-10-17(23-2)11-8-15)16-9-12-21-19(13-16)22-18-5-3-4-6-20(18)24-21/h3-14,22H,1-2H3. The molecule has 1 heterocycles. The molecule has 0 amide bonds. The predicted molar refractivity (Wildman–Crippen MR) is 101 cm³/mol. The first-order chi connectivity index (χ1) is 11.7. The van der Waals surface area contributed by atoms with Crippen LogP contribution < -0.4 is 10.1 Å². The van der Waals surface area contributed by atoms with Gasteiger partial charge in [0.25, 0.3) is 0 Å². The Hall–Kier alpha value is -2.39. The zero-order valence-electron chi connectivity index (χ0n) is 13.7. The largest absolute Gasteiger partial charge is 0.497 e. The quantitative estimate of drug-likeness (QED) is 0.493. The third-order valence-corrected chi connectivity index (χ3v) is 5.65. The van der Waals surface area contributed by atoms with Gasteiger partial charge in [0.15, 0.2) is 0 Å². The van der Waals surface area contributed by atoms with E-state index in [1.807, 2.05) is 23.9 Å². The lowest BCUT2D eigenvalue weighted by atomic mass is 9.93. The minimum Gasteiger partial charge on any atom is -0.497 e. The zero-order chi connectivity index (χ0) is 16.5. The molecule has 24 heavy (non-hydrogen) atoms. The molecule has 3 aromatic rings. The van der Waals surface area contributed by atoms with Crippen LogP contribution in [-0.4, -0.2) is 7.11 Å². The number of ether oxygens (including phenoxy) is 1. The van der Waals surface area contributed by atoms with E-state index in [4.69, 9.17) is 4.74 Å². The lowest BCUT2D eigenvalue weighted by Gasteiger charge is -2.22. The van der Waals surface area contributed by atoms with Gasteiger partial charge in [0.2, 0.25) is 0 Å². The number of methoxy groups -OCH3 is 1. The van der Waals surface area contributed by atoms with E-state index in [2.05, 4.69) is 66.8 Å². The Morgan fingerprint density at radius 2 is 1.54 bits per heavy atom. The molecule has 4 rings (SSSR count). The fourth-order valence-corrected chi connectivity index (χ4v) is 3.98. The van der Waals surface area contributed by atoms with Crippen LogP contribution in [0.5, 0.6) is 5.75 Å². The molecule has 3 aromatic carbocycles. The predicted octanol–water partition coefficient (Wildman–Crippen LogP) is 6.06. The fourth-order valence-electron chi connectivity index (χ4n) is 3.01. The maximum Gasteiger partial charge on any atom is 0.118 e. The summed E-state index contributed by atoms with van der Waals surface area (Å²) in [6.07, 6.45) is 0. The van der Waals surface area contributed by atoms with Gasteiger partial charge < -0.3 is 10.1 Å². The van der Waals surface area contributed by atoms with Gasteiger partial charge >= 0.3 is 0 Å². The molecular formula is C21H19NOS. The van der Waals surface area contributed by atoms with Crippen LogP contribution in [0.1, 0.15) is 24.0 Å². The van der Waals surface area contributed by atoms with Crippen molar-refractivity contribution in [3.8, 4) is 5.75 Å². The van der Waals surface area contributed by atoms with Gasteiger partial charge in [-0.05, 0) is 47.5 Å². The number of hydrogen-bond acceptors (Lipinski definition) is 3. The molecule has 1 N–H and O–H groups in total. The van der Waals surface area contributed by atoms with Crippen LogP contribution in [0.2, 0.25) is 0 Å². The number of nitrogens with one attached hydrogen (secondary N) is 1. The maximum absolute atomic E-state index is 5.25. The van der Waals surface area contributed by atoms with E-state index >= 15 is 0 Å². The summed E-state index contributed by atoms with van der Waals surface area (Å²) in [7, 11) is 1.70. The molecule has 0 saturated carbocycles. The number of benzene rings is 3. The van der Waals surface area contributed by atoms with Gasteiger partial charge in [-0.25, -0.2) is 0 Å². The second kappa shape index (κ2) is 6.25. The number of para-hydroxylation sites is 1. The highest BCUT2D eigenvalue weighted by atomic mass is 32.2. The summed E-state index contributed by atoms with van der Waals surface area (Å²) in [5, 5.41) is 3.56. The van der Waals surface area contributed by atoms with Crippen LogP contribution >= 0.6 is 11.8 Å². The Balaban J connectivity index is 1.63. The van der Waals surface area contributed by atoms with Crippen molar-refractivity contribution in [2.75, 3.05) is 12.4 Å². The minimum atomic E-state index is 0.338. The molecule has 1 aliphatic heterocycles. The highest BCUT2D eigenvalue weighted by molar-refractivity contribution is 7.99. The molecule has 3 heteroatoms. The van der Waals surface area contributed by atoms with Crippen LogP contribution in [0, 0.1) is 0 Å². The van der Waals surface area contributed by atoms with E-state index in [-0.39, 0.29) is 0 Å². The third kappa shape index (κ3) is 2.76. The van der Waals surface area contributed by atoms with Crippen molar-refractivity contribution in [1.29, 1.82) is 0 Å². The molecule has 1 atom stereocenters. The van der Waals surface area contributed by atoms with Gasteiger partial charge in [0.1, 0.15) is 5.75 Å². The molecule has 1 aliphatic rings. The van der Waals surface area contributed by atoms with Crippen LogP contribution in [0.15, 0.2) is 76.5 Å². The number of hydrogen-bond donors (Lipinski definition) is 1. The van der Waals surface area contributed by atoms with E-state index in [0.29, 0.717) is 5.92 Å². The number of anilines is 2. The van der Waals surface area contributed by atoms with Gasteiger partial charge in [-0.3, -0.25) is 0 Å². The summed E-state index contributed by atoms with van der Waals surface area (Å²) >= 11 is 1.82. The van der Waals surface area contributed by atoms with Gasteiger partial charge in [-0.1, -0.05) is 49.0 Å². The van der Waals surface area contributed by atoms with E-state index < -0.39 is 0 Å². The lowest BCUT2D eigenvalue weighted by Crippen LogP contribution is -2.02. The number of rotatable bonds is 3. The maximum atomic E-state index is 5.25. The van der Waals surface area contributed by atoms with Crippen molar-refractivity contribution < 1.29 is 4.74 Å². The summed E-state index contributed by atoms with van der Waals surface area (Å²) in [4.78, 5) is 2.56. The average Bonchev–Trinajstić information content (AvgIpc) is 2.65. The van der Waals surface area contributed by atoms with Gasteiger partial charge in [-0.2, -0.15) is 0 Å². The van der Waals surface area contributed by atoms with E-state index in [9.17, 15) is 0 Å². The van der Waals surface area contributed by atoms with E-state index in [1.165, 1.54) is 32.3 Å². The van der Waals surface area contributed by atoms with Crippen LogP contribution in [0.4, 0.5) is 11.4 Å². The Bertz CT molecular complexity index is 873. The number of fused-ring (bicyclic) bond motifs is 2. The first-order valence-corrected chi connectivity index (χ1v) is 8.88. The Morgan fingerprint density at radius 1 is 0.833 bits per heavy atom. The van der Waals surface area contributed by atoms with E-state index in [1.54, 1.807) is 7.11 Å². The van der Waals surface area contributed by atoms with Crippen molar-refractivity contribution in [2.24, 2.45) is 0 Å². The van der Waals surface area contributed by atoms with Crippen molar-refractivity contribution in [1.82, 2.24) is 0 Å². The smallest absolute Gasteiger partial charge is 0.118 e. The van der Waals surface area contributed by atoms with Crippen LogP contribution in [0.25, 0.3) is 0 Å². The normalized spacial score (nSPS) is 13.4. The minimum absolute atomic E-state index is 0.338. The molecule has 1 unspecified atom stereocenters. The monoisotopic (exact) mass is 333 g/mol. The summed E-state index contributed by atoms with van der Waals surface area (Å²) in [5.74, 6) is 1.23. The Kier molecular flexibility index (Phi) is 3.95. The molecule has 0 radical (unpaired) electrons. The molecule has 120 valence electrons. The highest BCUT2D eigenvalue weighted by Gasteiger charge is 2.17. The molecule has 0 saturated heterocycles. The Labute approximate surface area is 146 Å².